The highest BCUT2D eigenvalue weighted by Gasteiger charge is 2.15. The lowest BCUT2D eigenvalue weighted by Crippen LogP contribution is -2.22. The molecular weight excluding hydrogens is 274 g/mol. The Kier molecular flexibility index (Phi) is 5.01. The predicted octanol–water partition coefficient (Wildman–Crippen LogP) is 1.72. The number of aliphatic hydroxyl groups excluding tert-OH is 1. The maximum Gasteiger partial charge on any atom is 0.175 e. The predicted molar refractivity (Wildman–Crippen MR) is 74.2 cm³/mol. The van der Waals surface area contributed by atoms with E-state index in [0.29, 0.717) is 17.0 Å². The van der Waals surface area contributed by atoms with Crippen LogP contribution in [0, 0.1) is 13.8 Å². The topological polar surface area (TPSA) is 66.4 Å². The van der Waals surface area contributed by atoms with Gasteiger partial charge in [0.1, 0.15) is 0 Å². The normalized spacial score (nSPS) is 13.4. The zero-order chi connectivity index (χ0) is 13.9. The first kappa shape index (κ1) is 15.3. The van der Waals surface area contributed by atoms with E-state index in [0.717, 1.165) is 11.3 Å². The molecule has 0 fully saturated rings. The number of rotatable bonds is 5. The van der Waals surface area contributed by atoms with Gasteiger partial charge in [-0.05, 0) is 31.0 Å². The Morgan fingerprint density at radius 2 is 2.00 bits per heavy atom. The maximum absolute atomic E-state index is 11.6. The monoisotopic (exact) mass is 291 g/mol. The third kappa shape index (κ3) is 3.60. The summed E-state index contributed by atoms with van der Waals surface area (Å²) in [4.78, 5) is 0.302. The van der Waals surface area contributed by atoms with Crippen molar-refractivity contribution >= 4 is 27.1 Å². The summed E-state index contributed by atoms with van der Waals surface area (Å²) in [6, 6.07) is 3.35. The number of benzene rings is 1. The molecule has 0 aromatic heterocycles. The van der Waals surface area contributed by atoms with Crippen LogP contribution in [-0.4, -0.2) is 38.3 Å². The van der Waals surface area contributed by atoms with Gasteiger partial charge in [0.2, 0.25) is 0 Å². The summed E-state index contributed by atoms with van der Waals surface area (Å²) >= 11 is 5.52. The van der Waals surface area contributed by atoms with Gasteiger partial charge < -0.3 is 10.4 Å². The summed E-state index contributed by atoms with van der Waals surface area (Å²) in [5.41, 5.74) is 2.34. The lowest BCUT2D eigenvalue weighted by atomic mass is 10.1. The van der Waals surface area contributed by atoms with Gasteiger partial charge in [0.25, 0.3) is 0 Å². The minimum absolute atomic E-state index is 0.136. The van der Waals surface area contributed by atoms with Gasteiger partial charge in [-0.2, -0.15) is 0 Å². The molecule has 6 heteroatoms. The highest BCUT2D eigenvalue weighted by atomic mass is 35.5. The van der Waals surface area contributed by atoms with E-state index in [1.165, 1.54) is 6.26 Å². The Hall–Kier alpha value is -0.780. The van der Waals surface area contributed by atoms with Crippen LogP contribution in [0.3, 0.4) is 0 Å². The molecule has 1 aromatic carbocycles. The van der Waals surface area contributed by atoms with E-state index >= 15 is 0 Å². The van der Waals surface area contributed by atoms with Crippen molar-refractivity contribution in [1.29, 1.82) is 0 Å². The third-order valence-corrected chi connectivity index (χ3v) is 4.31. The first-order valence-corrected chi connectivity index (χ1v) is 7.98. The standard InChI is InChI=1S/C12H18ClNO3S/c1-8-4-5-11(18(3,16)17)9(2)12(8)14-7-10(15)6-13/h4-5,10,14-15H,6-7H2,1-3H3. The fourth-order valence-corrected chi connectivity index (χ4v) is 2.86. The molecule has 0 aliphatic carbocycles. The van der Waals surface area contributed by atoms with E-state index in [9.17, 15) is 13.5 Å². The average molecular weight is 292 g/mol. The summed E-state index contributed by atoms with van der Waals surface area (Å²) in [5, 5.41) is 12.5. The molecule has 0 saturated heterocycles. The van der Waals surface area contributed by atoms with Crippen molar-refractivity contribution in [3.05, 3.63) is 23.3 Å². The molecule has 1 unspecified atom stereocenters. The van der Waals surface area contributed by atoms with Gasteiger partial charge in [0.15, 0.2) is 9.84 Å². The van der Waals surface area contributed by atoms with Gasteiger partial charge >= 0.3 is 0 Å². The lowest BCUT2D eigenvalue weighted by molar-refractivity contribution is 0.211. The van der Waals surface area contributed by atoms with E-state index in [4.69, 9.17) is 11.6 Å². The maximum atomic E-state index is 11.6. The van der Waals surface area contributed by atoms with Crippen molar-refractivity contribution in [2.45, 2.75) is 24.8 Å². The van der Waals surface area contributed by atoms with Crippen LogP contribution < -0.4 is 5.32 Å². The lowest BCUT2D eigenvalue weighted by Gasteiger charge is -2.17. The molecule has 0 spiro atoms. The van der Waals surface area contributed by atoms with E-state index in [-0.39, 0.29) is 5.88 Å². The van der Waals surface area contributed by atoms with Crippen molar-refractivity contribution < 1.29 is 13.5 Å². The van der Waals surface area contributed by atoms with Gasteiger partial charge in [0.05, 0.1) is 16.9 Å². The summed E-state index contributed by atoms with van der Waals surface area (Å²) in [6.07, 6.45) is 0.523. The highest BCUT2D eigenvalue weighted by Crippen LogP contribution is 2.26. The number of nitrogens with one attached hydrogen (secondary N) is 1. The molecule has 0 aliphatic heterocycles. The quantitative estimate of drug-likeness (QED) is 0.811. The Morgan fingerprint density at radius 3 is 2.50 bits per heavy atom. The zero-order valence-electron chi connectivity index (χ0n) is 10.7. The number of alkyl halides is 1. The molecule has 1 aromatic rings. The second-order valence-corrected chi connectivity index (χ2v) is 6.63. The van der Waals surface area contributed by atoms with Crippen LogP contribution >= 0.6 is 11.6 Å². The Balaban J connectivity index is 3.11. The number of aliphatic hydroxyl groups is 1. The highest BCUT2D eigenvalue weighted by molar-refractivity contribution is 7.90. The summed E-state index contributed by atoms with van der Waals surface area (Å²) < 4.78 is 23.2. The Bertz CT molecular complexity index is 528. The minimum atomic E-state index is -3.25. The summed E-state index contributed by atoms with van der Waals surface area (Å²) in [6.45, 7) is 3.92. The second kappa shape index (κ2) is 5.91. The van der Waals surface area contributed by atoms with Crippen LogP contribution in [0.25, 0.3) is 0 Å². The number of anilines is 1. The number of sulfone groups is 1. The molecule has 0 amide bonds. The zero-order valence-corrected chi connectivity index (χ0v) is 12.3. The number of aryl methyl sites for hydroxylation is 1. The van der Waals surface area contributed by atoms with Crippen LogP contribution in [-0.2, 0) is 9.84 Å². The molecule has 18 heavy (non-hydrogen) atoms. The second-order valence-electron chi connectivity index (χ2n) is 4.34. The fraction of sp³-hybridized carbons (Fsp3) is 0.500. The van der Waals surface area contributed by atoms with E-state index < -0.39 is 15.9 Å². The molecular formula is C12H18ClNO3S. The largest absolute Gasteiger partial charge is 0.390 e. The van der Waals surface area contributed by atoms with Gasteiger partial charge in [-0.1, -0.05) is 6.07 Å². The molecule has 0 aliphatic rings. The van der Waals surface area contributed by atoms with Gasteiger partial charge in [-0.15, -0.1) is 11.6 Å². The molecule has 0 heterocycles. The first-order chi connectivity index (χ1) is 8.27. The van der Waals surface area contributed by atoms with Crippen LogP contribution in [0.5, 0.6) is 0 Å². The molecule has 4 nitrogen and oxygen atoms in total. The van der Waals surface area contributed by atoms with E-state index in [1.54, 1.807) is 19.1 Å². The van der Waals surface area contributed by atoms with Gasteiger partial charge in [-0.25, -0.2) is 8.42 Å². The fourth-order valence-electron chi connectivity index (χ4n) is 1.78. The van der Waals surface area contributed by atoms with Crippen molar-refractivity contribution in [3.8, 4) is 0 Å². The molecule has 0 saturated carbocycles. The van der Waals surface area contributed by atoms with Crippen molar-refractivity contribution in [2.75, 3.05) is 24.0 Å². The Labute approximate surface area is 113 Å². The smallest absolute Gasteiger partial charge is 0.175 e. The van der Waals surface area contributed by atoms with Crippen LogP contribution in [0.2, 0.25) is 0 Å². The van der Waals surface area contributed by atoms with Gasteiger partial charge in [-0.3, -0.25) is 0 Å². The molecule has 1 atom stereocenters. The molecule has 1 rings (SSSR count). The molecule has 102 valence electrons. The first-order valence-electron chi connectivity index (χ1n) is 5.55. The van der Waals surface area contributed by atoms with Crippen molar-refractivity contribution in [3.63, 3.8) is 0 Å². The van der Waals surface area contributed by atoms with Gasteiger partial charge in [0, 0.05) is 18.5 Å². The van der Waals surface area contributed by atoms with Crippen molar-refractivity contribution in [1.82, 2.24) is 0 Å². The van der Waals surface area contributed by atoms with Crippen LogP contribution in [0.1, 0.15) is 11.1 Å². The molecule has 2 N–H and O–H groups in total. The average Bonchev–Trinajstić information content (AvgIpc) is 2.26. The third-order valence-electron chi connectivity index (χ3n) is 2.72. The van der Waals surface area contributed by atoms with E-state index in [1.807, 2.05) is 6.92 Å². The Morgan fingerprint density at radius 1 is 1.39 bits per heavy atom. The number of halogens is 1. The summed E-state index contributed by atoms with van der Waals surface area (Å²) in [7, 11) is -3.25. The van der Waals surface area contributed by atoms with Crippen molar-refractivity contribution in [2.24, 2.45) is 0 Å². The van der Waals surface area contributed by atoms with Crippen LogP contribution in [0.4, 0.5) is 5.69 Å². The minimum Gasteiger partial charge on any atom is -0.390 e. The summed E-state index contributed by atoms with van der Waals surface area (Å²) in [5.74, 6) is 0.136. The van der Waals surface area contributed by atoms with E-state index in [2.05, 4.69) is 5.32 Å². The molecule has 0 bridgehead atoms. The van der Waals surface area contributed by atoms with Crippen LogP contribution in [0.15, 0.2) is 17.0 Å². The number of hydrogen-bond donors (Lipinski definition) is 2. The SMILES string of the molecule is Cc1ccc(S(C)(=O)=O)c(C)c1NCC(O)CCl. The molecule has 0 radical (unpaired) electrons. The number of hydrogen-bond acceptors (Lipinski definition) is 4.